The molecule has 3 heterocycles. The fourth-order valence-electron chi connectivity index (χ4n) is 4.50. The molecule has 0 saturated heterocycles. The summed E-state index contributed by atoms with van der Waals surface area (Å²) in [7, 11) is 3.71. The topological polar surface area (TPSA) is 62.3 Å². The highest BCUT2D eigenvalue weighted by atomic mass is 35.5. The fraction of sp³-hybridized carbons (Fsp3) is 0.292. The van der Waals surface area contributed by atoms with Crippen LogP contribution in [0.1, 0.15) is 34.1 Å². The minimum atomic E-state index is -0.0981. The molecule has 6 nitrogen and oxygen atoms in total. The maximum absolute atomic E-state index is 13.2. The molecule has 0 aliphatic carbocycles. The van der Waals surface area contributed by atoms with Crippen LogP contribution in [0.3, 0.4) is 0 Å². The number of carbonyl (C=O) groups is 1. The Labute approximate surface area is 195 Å². The Morgan fingerprint density at radius 1 is 1.19 bits per heavy atom. The number of quaternary nitrogens is 1. The van der Waals surface area contributed by atoms with Crippen LogP contribution in [0, 0.1) is 0 Å². The largest absolute Gasteiger partial charge is 0.492 e. The number of fused-ring (bicyclic) bond motifs is 2. The van der Waals surface area contributed by atoms with Crippen LogP contribution in [0.4, 0.5) is 0 Å². The van der Waals surface area contributed by atoms with Crippen molar-refractivity contribution in [1.29, 1.82) is 0 Å². The highest BCUT2D eigenvalue weighted by molar-refractivity contribution is 6.35. The number of likely N-dealkylation sites (N-methyl/N-ethyl adjacent to an activating group) is 1. The smallest absolute Gasteiger partial charge is 0.231 e. The summed E-state index contributed by atoms with van der Waals surface area (Å²) >= 11 is 12.4. The molecule has 5 rings (SSSR count). The Morgan fingerprint density at radius 3 is 2.84 bits per heavy atom. The summed E-state index contributed by atoms with van der Waals surface area (Å²) in [6, 6.07) is 10.5. The molecule has 2 atom stereocenters. The maximum atomic E-state index is 13.2. The minimum absolute atomic E-state index is 0.0914. The molecule has 1 aromatic heterocycles. The minimum Gasteiger partial charge on any atom is -0.492 e. The molecule has 0 spiro atoms. The summed E-state index contributed by atoms with van der Waals surface area (Å²) in [5.41, 5.74) is 2.78. The molecule has 2 aliphatic heterocycles. The van der Waals surface area contributed by atoms with Gasteiger partial charge in [0.25, 0.3) is 0 Å². The van der Waals surface area contributed by atoms with Gasteiger partial charge in [0.15, 0.2) is 17.3 Å². The zero-order valence-corrected chi connectivity index (χ0v) is 19.2. The van der Waals surface area contributed by atoms with Crippen LogP contribution in [0.5, 0.6) is 17.2 Å². The van der Waals surface area contributed by atoms with E-state index in [-0.39, 0.29) is 30.8 Å². The molecule has 0 fully saturated rings. The second kappa shape index (κ2) is 8.35. The molecule has 0 saturated carbocycles. The molecule has 1 N–H and O–H groups in total. The normalized spacial score (nSPS) is 19.0. The first-order valence-corrected chi connectivity index (χ1v) is 11.1. The van der Waals surface area contributed by atoms with Gasteiger partial charge in [0.2, 0.25) is 18.3 Å². The lowest BCUT2D eigenvalue weighted by molar-refractivity contribution is -0.913. The number of rotatable bonds is 5. The Morgan fingerprint density at radius 2 is 2.03 bits per heavy atom. The second-order valence-corrected chi connectivity index (χ2v) is 8.87. The second-order valence-electron chi connectivity index (χ2n) is 8.03. The van der Waals surface area contributed by atoms with Crippen LogP contribution in [0.15, 0.2) is 40.8 Å². The van der Waals surface area contributed by atoms with Crippen molar-refractivity contribution in [3.63, 3.8) is 0 Å². The number of ketones is 1. The maximum Gasteiger partial charge on any atom is 0.231 e. The third-order valence-corrected chi connectivity index (χ3v) is 6.71. The van der Waals surface area contributed by atoms with E-state index in [2.05, 4.69) is 7.05 Å². The van der Waals surface area contributed by atoms with E-state index in [1.165, 1.54) is 4.90 Å². The Balaban J connectivity index is 1.46. The molecular formula is C24H22Cl2NO5+. The van der Waals surface area contributed by atoms with Crippen molar-refractivity contribution in [3.05, 3.63) is 63.3 Å². The number of methoxy groups -OCH3 is 1. The number of hydrogen-bond donors (Lipinski definition) is 1. The third-order valence-electron chi connectivity index (χ3n) is 6.14. The van der Waals surface area contributed by atoms with Gasteiger partial charge >= 0.3 is 0 Å². The Hall–Kier alpha value is -2.67. The van der Waals surface area contributed by atoms with Gasteiger partial charge in [-0.25, -0.2) is 0 Å². The van der Waals surface area contributed by atoms with Crippen molar-refractivity contribution >= 4 is 29.0 Å². The zero-order valence-electron chi connectivity index (χ0n) is 17.7. The SMILES string of the molecule is COc1c2c(cc3c1[C@@H](CC(=O)c1ccc(-c4cc(Cl)ccc4Cl)o1)[NH+](C)CC3)OCO2. The molecule has 3 aromatic rings. The van der Waals surface area contributed by atoms with Crippen LogP contribution in [-0.2, 0) is 6.42 Å². The fourth-order valence-corrected chi connectivity index (χ4v) is 4.89. The van der Waals surface area contributed by atoms with Gasteiger partial charge in [-0.2, -0.15) is 0 Å². The first-order valence-electron chi connectivity index (χ1n) is 10.4. The molecule has 0 amide bonds. The average molecular weight is 475 g/mol. The summed E-state index contributed by atoms with van der Waals surface area (Å²) in [6.45, 7) is 1.07. The highest BCUT2D eigenvalue weighted by Gasteiger charge is 2.38. The number of furan rings is 1. The lowest BCUT2D eigenvalue weighted by Crippen LogP contribution is -3.10. The molecular weight excluding hydrogens is 453 g/mol. The number of hydrogen-bond acceptors (Lipinski definition) is 5. The van der Waals surface area contributed by atoms with Gasteiger partial charge in [-0.15, -0.1) is 0 Å². The molecule has 1 unspecified atom stereocenters. The molecule has 8 heteroatoms. The lowest BCUT2D eigenvalue weighted by Gasteiger charge is -2.32. The number of halogens is 2. The Bertz CT molecular complexity index is 1210. The van der Waals surface area contributed by atoms with Crippen LogP contribution >= 0.6 is 23.2 Å². The molecule has 2 aromatic carbocycles. The van der Waals surface area contributed by atoms with Crippen LogP contribution in [0.25, 0.3) is 11.3 Å². The van der Waals surface area contributed by atoms with E-state index in [1.54, 1.807) is 37.4 Å². The van der Waals surface area contributed by atoms with Crippen LogP contribution < -0.4 is 19.1 Å². The van der Waals surface area contributed by atoms with Crippen LogP contribution in [0.2, 0.25) is 10.0 Å². The highest BCUT2D eigenvalue weighted by Crippen LogP contribution is 2.48. The van der Waals surface area contributed by atoms with Crippen molar-refractivity contribution in [2.45, 2.75) is 18.9 Å². The summed E-state index contributed by atoms with van der Waals surface area (Å²) in [4.78, 5) is 14.5. The van der Waals surface area contributed by atoms with Gasteiger partial charge in [0.05, 0.1) is 37.7 Å². The standard InChI is InChI=1S/C24H21Cl2NO5/c1-27-8-7-13-9-21-23(31-12-30-21)24(29-2)22(13)17(27)11-18(28)20-6-5-19(32-20)15-10-14(25)3-4-16(15)26/h3-6,9-10,17H,7-8,11-12H2,1-2H3/p+1/t17-/m1/s1. The monoisotopic (exact) mass is 474 g/mol. The predicted molar refractivity (Wildman–Crippen MR) is 120 cm³/mol. The van der Waals surface area contributed by atoms with Gasteiger partial charge in [0.1, 0.15) is 11.8 Å². The first kappa shape index (κ1) is 21.2. The summed E-state index contributed by atoms with van der Waals surface area (Å²) < 4.78 is 22.8. The molecule has 32 heavy (non-hydrogen) atoms. The van der Waals surface area contributed by atoms with E-state index in [9.17, 15) is 4.79 Å². The van der Waals surface area contributed by atoms with E-state index in [0.29, 0.717) is 38.6 Å². The summed E-state index contributed by atoms with van der Waals surface area (Å²) in [5.74, 6) is 2.65. The van der Waals surface area contributed by atoms with Crippen molar-refractivity contribution in [2.24, 2.45) is 0 Å². The number of nitrogens with one attached hydrogen (secondary N) is 1. The van der Waals surface area contributed by atoms with E-state index in [1.807, 2.05) is 6.07 Å². The van der Waals surface area contributed by atoms with Crippen molar-refractivity contribution in [3.8, 4) is 28.6 Å². The third kappa shape index (κ3) is 3.62. The van der Waals surface area contributed by atoms with Gasteiger partial charge in [0, 0.05) is 17.0 Å². The van der Waals surface area contributed by atoms with Gasteiger partial charge in [-0.3, -0.25) is 4.79 Å². The van der Waals surface area contributed by atoms with Crippen LogP contribution in [-0.4, -0.2) is 33.3 Å². The van der Waals surface area contributed by atoms with Gasteiger partial charge in [-0.1, -0.05) is 23.2 Å². The van der Waals surface area contributed by atoms with Gasteiger partial charge in [-0.05, 0) is 42.0 Å². The van der Waals surface area contributed by atoms with Crippen molar-refractivity contribution in [1.82, 2.24) is 0 Å². The molecule has 0 bridgehead atoms. The Kier molecular flexibility index (Phi) is 5.53. The van der Waals surface area contributed by atoms with E-state index in [4.69, 9.17) is 41.8 Å². The number of benzene rings is 2. The zero-order chi connectivity index (χ0) is 22.4. The first-order chi connectivity index (χ1) is 15.5. The molecule has 2 aliphatic rings. The summed E-state index contributed by atoms with van der Waals surface area (Å²) in [6.07, 6.45) is 1.14. The predicted octanol–water partition coefficient (Wildman–Crippen LogP) is 4.38. The average Bonchev–Trinajstić information content (AvgIpc) is 3.45. The van der Waals surface area contributed by atoms with Crippen molar-refractivity contribution < 1.29 is 28.3 Å². The number of ether oxygens (including phenoxy) is 3. The van der Waals surface area contributed by atoms with E-state index in [0.717, 1.165) is 24.1 Å². The summed E-state index contributed by atoms with van der Waals surface area (Å²) in [5, 5.41) is 1.05. The lowest BCUT2D eigenvalue weighted by atomic mass is 9.88. The van der Waals surface area contributed by atoms with Crippen molar-refractivity contribution in [2.75, 3.05) is 27.5 Å². The quantitative estimate of drug-likeness (QED) is 0.556. The molecule has 0 radical (unpaired) electrons. The van der Waals surface area contributed by atoms with E-state index >= 15 is 0 Å². The van der Waals surface area contributed by atoms with Gasteiger partial charge < -0.3 is 23.5 Å². The van der Waals surface area contributed by atoms with E-state index < -0.39 is 0 Å². The number of carbonyl (C=O) groups excluding carboxylic acids is 1. The molecule has 166 valence electrons. The number of Topliss-reactive ketones (excluding diaryl/α,β-unsaturated/α-hetero) is 1.